The molecular weight excluding hydrogens is 358 g/mol. The van der Waals surface area contributed by atoms with Crippen LogP contribution in [-0.4, -0.2) is 83.0 Å². The van der Waals surface area contributed by atoms with Crippen LogP contribution in [0.3, 0.4) is 0 Å². The second-order valence-corrected chi connectivity index (χ2v) is 7.25. The molecule has 4 rings (SSSR count). The van der Waals surface area contributed by atoms with Crippen LogP contribution in [0.2, 0.25) is 0 Å². The van der Waals surface area contributed by atoms with Gasteiger partial charge in [0.25, 0.3) is 0 Å². The average Bonchev–Trinajstić information content (AvgIpc) is 3.27. The number of rotatable bonds is 6. The first kappa shape index (κ1) is 19.0. The second-order valence-electron chi connectivity index (χ2n) is 7.25. The number of morpholine rings is 2. The van der Waals surface area contributed by atoms with Crippen LogP contribution in [-0.2, 0) is 20.7 Å². The maximum Gasteiger partial charge on any atom is 0.223 e. The Balaban J connectivity index is 1.50. The van der Waals surface area contributed by atoms with Crippen molar-refractivity contribution >= 4 is 5.91 Å². The van der Waals surface area contributed by atoms with Gasteiger partial charge < -0.3 is 14.4 Å². The fourth-order valence-corrected chi connectivity index (χ4v) is 3.96. The summed E-state index contributed by atoms with van der Waals surface area (Å²) < 4.78 is 11.6. The summed E-state index contributed by atoms with van der Waals surface area (Å²) in [5, 5.41) is 6.76. The maximum absolute atomic E-state index is 13.1. The largest absolute Gasteiger partial charge is 0.379 e. The number of amides is 1. The Morgan fingerprint density at radius 2 is 2.11 bits per heavy atom. The van der Waals surface area contributed by atoms with Crippen LogP contribution in [0.1, 0.15) is 23.6 Å². The van der Waals surface area contributed by atoms with E-state index in [1.807, 2.05) is 29.4 Å². The van der Waals surface area contributed by atoms with E-state index in [9.17, 15) is 4.79 Å². The van der Waals surface area contributed by atoms with Gasteiger partial charge in [0, 0.05) is 51.2 Å². The minimum Gasteiger partial charge on any atom is -0.379 e. The zero-order valence-corrected chi connectivity index (χ0v) is 16.0. The third kappa shape index (κ3) is 4.57. The van der Waals surface area contributed by atoms with Gasteiger partial charge in [0.1, 0.15) is 0 Å². The number of carbonyl (C=O) groups excluding carboxylic acids is 1. The molecule has 8 heteroatoms. The molecule has 2 aromatic rings. The molecule has 8 nitrogen and oxygen atoms in total. The number of nitrogens with one attached hydrogen (secondary N) is 1. The normalized spacial score (nSPS) is 23.6. The summed E-state index contributed by atoms with van der Waals surface area (Å²) in [7, 11) is 0. The highest BCUT2D eigenvalue weighted by atomic mass is 16.5. The van der Waals surface area contributed by atoms with Crippen LogP contribution in [0, 0.1) is 0 Å². The van der Waals surface area contributed by atoms with Gasteiger partial charge in [-0.3, -0.25) is 19.8 Å². The van der Waals surface area contributed by atoms with Crippen molar-refractivity contribution in [3.63, 3.8) is 0 Å². The number of hydrogen-bond acceptors (Lipinski definition) is 6. The molecule has 0 aliphatic carbocycles. The molecule has 0 bridgehead atoms. The lowest BCUT2D eigenvalue weighted by molar-refractivity contribution is -0.149. The quantitative estimate of drug-likeness (QED) is 0.800. The predicted octanol–water partition coefficient (Wildman–Crippen LogP) is 1.04. The maximum atomic E-state index is 13.1. The third-order valence-electron chi connectivity index (χ3n) is 5.42. The van der Waals surface area contributed by atoms with Crippen molar-refractivity contribution in [1.29, 1.82) is 0 Å². The number of carbonyl (C=O) groups is 1. The van der Waals surface area contributed by atoms with Gasteiger partial charge in [-0.05, 0) is 23.6 Å². The third-order valence-corrected chi connectivity index (χ3v) is 5.42. The van der Waals surface area contributed by atoms with E-state index in [0.717, 1.165) is 44.0 Å². The number of pyridine rings is 1. The highest BCUT2D eigenvalue weighted by molar-refractivity contribution is 5.77. The Bertz CT molecular complexity index is 734. The SMILES string of the molecule is O=C(CCc1cn[nH]c1)N1CCO[C@@H](CN2CCOCC2)[C@@H]1c1cccnc1. The van der Waals surface area contributed by atoms with Crippen LogP contribution in [0.5, 0.6) is 0 Å². The Kier molecular flexibility index (Phi) is 6.31. The number of ether oxygens (including phenoxy) is 2. The number of aromatic nitrogens is 3. The molecule has 2 aliphatic rings. The summed E-state index contributed by atoms with van der Waals surface area (Å²) in [5.41, 5.74) is 2.07. The number of nitrogens with zero attached hydrogens (tertiary/aromatic N) is 4. The van der Waals surface area contributed by atoms with Crippen molar-refractivity contribution < 1.29 is 14.3 Å². The van der Waals surface area contributed by atoms with Crippen molar-refractivity contribution in [2.24, 2.45) is 0 Å². The molecule has 1 amide bonds. The van der Waals surface area contributed by atoms with Crippen molar-refractivity contribution in [3.8, 4) is 0 Å². The van der Waals surface area contributed by atoms with Gasteiger partial charge in [0.05, 0.1) is 38.2 Å². The molecule has 0 aromatic carbocycles. The standard InChI is InChI=1S/C20H27N5O3/c26-19(4-3-16-12-22-23-13-16)25-8-11-28-18(15-24-6-9-27-10-7-24)20(25)17-2-1-5-21-14-17/h1-2,5,12-14,18,20H,3-4,6-11,15H2,(H,22,23)/t18-,20-/m0/s1. The highest BCUT2D eigenvalue weighted by Gasteiger charge is 2.37. The van der Waals surface area contributed by atoms with E-state index < -0.39 is 0 Å². The summed E-state index contributed by atoms with van der Waals surface area (Å²) in [6.45, 7) is 5.23. The summed E-state index contributed by atoms with van der Waals surface area (Å²) >= 11 is 0. The lowest BCUT2D eigenvalue weighted by atomic mass is 9.98. The van der Waals surface area contributed by atoms with Gasteiger partial charge in [-0.1, -0.05) is 6.07 Å². The molecule has 1 N–H and O–H groups in total. The zero-order chi connectivity index (χ0) is 19.2. The highest BCUT2D eigenvalue weighted by Crippen LogP contribution is 2.30. The van der Waals surface area contributed by atoms with Gasteiger partial charge in [0.2, 0.25) is 5.91 Å². The van der Waals surface area contributed by atoms with E-state index in [4.69, 9.17) is 9.47 Å². The lowest BCUT2D eigenvalue weighted by Crippen LogP contribution is -2.53. The summed E-state index contributed by atoms with van der Waals surface area (Å²) in [6, 6.07) is 3.83. The minimum absolute atomic E-state index is 0.0751. The van der Waals surface area contributed by atoms with E-state index in [1.54, 1.807) is 12.4 Å². The Morgan fingerprint density at radius 1 is 1.21 bits per heavy atom. The molecule has 28 heavy (non-hydrogen) atoms. The molecule has 2 saturated heterocycles. The zero-order valence-electron chi connectivity index (χ0n) is 16.0. The molecule has 0 saturated carbocycles. The van der Waals surface area contributed by atoms with Crippen molar-refractivity contribution in [2.75, 3.05) is 46.0 Å². The Hall–Kier alpha value is -2.29. The smallest absolute Gasteiger partial charge is 0.223 e. The molecule has 0 radical (unpaired) electrons. The lowest BCUT2D eigenvalue weighted by Gasteiger charge is -2.43. The van der Waals surface area contributed by atoms with Crippen molar-refractivity contribution in [1.82, 2.24) is 25.0 Å². The Labute approximate surface area is 164 Å². The van der Waals surface area contributed by atoms with Gasteiger partial charge in [0.15, 0.2) is 0 Å². The molecular formula is C20H27N5O3. The minimum atomic E-state index is -0.123. The Morgan fingerprint density at radius 3 is 2.86 bits per heavy atom. The number of aromatic amines is 1. The number of hydrogen-bond donors (Lipinski definition) is 1. The molecule has 2 aliphatic heterocycles. The van der Waals surface area contributed by atoms with Crippen molar-refractivity contribution in [2.45, 2.75) is 25.0 Å². The van der Waals surface area contributed by atoms with E-state index in [1.165, 1.54) is 0 Å². The topological polar surface area (TPSA) is 83.6 Å². The average molecular weight is 385 g/mol. The first-order chi connectivity index (χ1) is 13.8. The van der Waals surface area contributed by atoms with E-state index in [2.05, 4.69) is 20.1 Å². The molecule has 2 fully saturated rings. The molecule has 4 heterocycles. The van der Waals surface area contributed by atoms with Gasteiger partial charge in [-0.2, -0.15) is 5.10 Å². The second kappa shape index (κ2) is 9.27. The molecule has 2 aromatic heterocycles. The van der Waals surface area contributed by atoms with Crippen molar-refractivity contribution in [3.05, 3.63) is 48.0 Å². The van der Waals surface area contributed by atoms with Crippen LogP contribution < -0.4 is 0 Å². The number of H-pyrrole nitrogens is 1. The predicted molar refractivity (Wildman–Crippen MR) is 103 cm³/mol. The summed E-state index contributed by atoms with van der Waals surface area (Å²) in [6.07, 6.45) is 8.28. The fourth-order valence-electron chi connectivity index (χ4n) is 3.96. The molecule has 0 unspecified atom stereocenters. The molecule has 150 valence electrons. The van der Waals surface area contributed by atoms with Gasteiger partial charge in [-0.15, -0.1) is 0 Å². The summed E-state index contributed by atoms with van der Waals surface area (Å²) in [5.74, 6) is 0.144. The van der Waals surface area contributed by atoms with Crippen LogP contribution in [0.15, 0.2) is 36.9 Å². The summed E-state index contributed by atoms with van der Waals surface area (Å²) in [4.78, 5) is 21.7. The van der Waals surface area contributed by atoms with Crippen LogP contribution >= 0.6 is 0 Å². The van der Waals surface area contributed by atoms with Crippen LogP contribution in [0.25, 0.3) is 0 Å². The number of aryl methyl sites for hydroxylation is 1. The monoisotopic (exact) mass is 385 g/mol. The van der Waals surface area contributed by atoms with Gasteiger partial charge in [-0.25, -0.2) is 0 Å². The fraction of sp³-hybridized carbons (Fsp3) is 0.550. The molecule has 2 atom stereocenters. The first-order valence-electron chi connectivity index (χ1n) is 9.90. The van der Waals surface area contributed by atoms with E-state index >= 15 is 0 Å². The first-order valence-corrected chi connectivity index (χ1v) is 9.90. The molecule has 0 spiro atoms. The van der Waals surface area contributed by atoms with E-state index in [-0.39, 0.29) is 18.1 Å². The van der Waals surface area contributed by atoms with Gasteiger partial charge >= 0.3 is 0 Å². The van der Waals surface area contributed by atoms with Crippen LogP contribution in [0.4, 0.5) is 0 Å². The van der Waals surface area contributed by atoms with E-state index in [0.29, 0.717) is 26.0 Å².